The van der Waals surface area contributed by atoms with Gasteiger partial charge in [0.15, 0.2) is 5.17 Å². The molecule has 1 aromatic carbocycles. The van der Waals surface area contributed by atoms with Crippen molar-refractivity contribution in [3.05, 3.63) is 29.6 Å². The number of hydrogen-bond acceptors (Lipinski definition) is 3. The van der Waals surface area contributed by atoms with Crippen LogP contribution in [0.3, 0.4) is 0 Å². The average Bonchev–Trinajstić information content (AvgIpc) is 2.82. The maximum Gasteiger partial charge on any atom is 0.161 e. The number of hydrogen-bond donors (Lipinski definition) is 1. The van der Waals surface area contributed by atoms with Gasteiger partial charge in [0.25, 0.3) is 0 Å². The van der Waals surface area contributed by atoms with Gasteiger partial charge in [0.2, 0.25) is 0 Å². The fourth-order valence-electron chi connectivity index (χ4n) is 2.96. The van der Waals surface area contributed by atoms with Crippen molar-refractivity contribution >= 4 is 22.6 Å². The quantitative estimate of drug-likeness (QED) is 0.818. The molecule has 0 bridgehead atoms. The molecule has 1 aliphatic heterocycles. The van der Waals surface area contributed by atoms with Crippen molar-refractivity contribution in [2.24, 2.45) is 10.9 Å². The summed E-state index contributed by atoms with van der Waals surface area (Å²) in [5.41, 5.74) is 1.63. The molecule has 0 radical (unpaired) electrons. The van der Waals surface area contributed by atoms with E-state index >= 15 is 0 Å². The fourth-order valence-corrected chi connectivity index (χ4v) is 4.16. The summed E-state index contributed by atoms with van der Waals surface area (Å²) in [5, 5.41) is 4.26. The fraction of sp³-hybridized carbons (Fsp3) is 0.562. The summed E-state index contributed by atoms with van der Waals surface area (Å²) < 4.78 is 13.6. The third-order valence-corrected chi connectivity index (χ3v) is 5.68. The molecular weight excluding hydrogens is 271 g/mol. The Morgan fingerprint density at radius 1 is 1.35 bits per heavy atom. The van der Waals surface area contributed by atoms with Gasteiger partial charge < -0.3 is 5.32 Å². The number of nitrogens with one attached hydrogen (secondary N) is 1. The minimum absolute atomic E-state index is 0.140. The van der Waals surface area contributed by atoms with Crippen LogP contribution in [-0.4, -0.2) is 16.5 Å². The summed E-state index contributed by atoms with van der Waals surface area (Å²) in [6.45, 7) is 4.13. The van der Waals surface area contributed by atoms with Crippen LogP contribution in [0.15, 0.2) is 23.2 Å². The summed E-state index contributed by atoms with van der Waals surface area (Å²) in [7, 11) is 0. The van der Waals surface area contributed by atoms with Gasteiger partial charge in [0.1, 0.15) is 5.82 Å². The minimum atomic E-state index is -0.167. The average molecular weight is 292 g/mol. The van der Waals surface area contributed by atoms with Crippen LogP contribution in [0.25, 0.3) is 0 Å². The number of thioether (sulfide) groups is 1. The van der Waals surface area contributed by atoms with Gasteiger partial charge in [-0.2, -0.15) is 0 Å². The highest BCUT2D eigenvalue weighted by molar-refractivity contribution is 8.14. The smallest absolute Gasteiger partial charge is 0.161 e. The van der Waals surface area contributed by atoms with Crippen LogP contribution in [0, 0.1) is 18.7 Å². The van der Waals surface area contributed by atoms with Gasteiger partial charge in [-0.1, -0.05) is 24.8 Å². The van der Waals surface area contributed by atoms with E-state index in [-0.39, 0.29) is 11.4 Å². The van der Waals surface area contributed by atoms with Crippen molar-refractivity contribution in [3.8, 4) is 0 Å². The Morgan fingerprint density at radius 2 is 2.10 bits per heavy atom. The molecule has 1 saturated carbocycles. The number of benzene rings is 1. The van der Waals surface area contributed by atoms with Crippen molar-refractivity contribution in [2.75, 3.05) is 11.1 Å². The Labute approximate surface area is 124 Å². The molecule has 0 amide bonds. The zero-order valence-electron chi connectivity index (χ0n) is 12.1. The number of aliphatic imine (C=N–C) groups is 1. The van der Waals surface area contributed by atoms with E-state index < -0.39 is 0 Å². The van der Waals surface area contributed by atoms with Crippen LogP contribution < -0.4 is 5.32 Å². The zero-order valence-corrected chi connectivity index (χ0v) is 12.9. The van der Waals surface area contributed by atoms with Crippen LogP contribution in [0.4, 0.5) is 10.1 Å². The molecule has 0 aromatic heterocycles. The predicted octanol–water partition coefficient (Wildman–Crippen LogP) is 4.60. The molecule has 1 fully saturated rings. The molecule has 1 spiro atoms. The van der Waals surface area contributed by atoms with Gasteiger partial charge in [0.05, 0.1) is 5.54 Å². The molecule has 3 rings (SSSR count). The van der Waals surface area contributed by atoms with Crippen LogP contribution in [0.5, 0.6) is 0 Å². The molecule has 1 N–H and O–H groups in total. The molecule has 108 valence electrons. The summed E-state index contributed by atoms with van der Waals surface area (Å²) in [6.07, 6.45) is 4.93. The lowest BCUT2D eigenvalue weighted by Crippen LogP contribution is -2.32. The van der Waals surface area contributed by atoms with Crippen molar-refractivity contribution in [1.29, 1.82) is 0 Å². The van der Waals surface area contributed by atoms with E-state index in [1.807, 2.05) is 6.07 Å². The van der Waals surface area contributed by atoms with Crippen LogP contribution in [0.1, 0.15) is 38.2 Å². The molecule has 0 saturated heterocycles. The van der Waals surface area contributed by atoms with Gasteiger partial charge >= 0.3 is 0 Å². The molecule has 2 nitrogen and oxygen atoms in total. The molecule has 2 aliphatic rings. The second-order valence-electron chi connectivity index (χ2n) is 6.15. The highest BCUT2D eigenvalue weighted by Crippen LogP contribution is 2.41. The standard InChI is InChI=1S/C16H21FN2S/c1-11-6-8-16(9-7-11)10-20-15(19-16)18-14-5-3-4-13(17)12(14)2/h3-5,11H,6-10H2,1-2H3,(H,18,19). The van der Waals surface area contributed by atoms with E-state index in [1.165, 1.54) is 31.7 Å². The predicted molar refractivity (Wildman–Crippen MR) is 85.0 cm³/mol. The Hall–Kier alpha value is -1.03. The molecule has 4 heteroatoms. The molecule has 1 aliphatic carbocycles. The van der Waals surface area contributed by atoms with E-state index in [2.05, 4.69) is 12.2 Å². The van der Waals surface area contributed by atoms with Crippen molar-refractivity contribution < 1.29 is 4.39 Å². The Kier molecular flexibility index (Phi) is 3.76. The Balaban J connectivity index is 1.74. The lowest BCUT2D eigenvalue weighted by molar-refractivity contribution is 0.273. The molecule has 20 heavy (non-hydrogen) atoms. The van der Waals surface area contributed by atoms with Gasteiger partial charge in [0, 0.05) is 17.0 Å². The van der Waals surface area contributed by atoms with Gasteiger partial charge in [-0.3, -0.25) is 4.99 Å². The second-order valence-corrected chi connectivity index (χ2v) is 7.11. The second kappa shape index (κ2) is 5.40. The highest BCUT2D eigenvalue weighted by Gasteiger charge is 2.38. The van der Waals surface area contributed by atoms with Crippen LogP contribution >= 0.6 is 11.8 Å². The third-order valence-electron chi connectivity index (χ3n) is 4.53. The first-order valence-corrected chi connectivity index (χ1v) is 8.31. The lowest BCUT2D eigenvalue weighted by atomic mass is 9.79. The topological polar surface area (TPSA) is 24.4 Å². The van der Waals surface area contributed by atoms with E-state index in [1.54, 1.807) is 24.8 Å². The van der Waals surface area contributed by atoms with E-state index in [4.69, 9.17) is 4.99 Å². The number of halogens is 1. The molecule has 1 heterocycles. The first-order valence-electron chi connectivity index (χ1n) is 7.33. The molecular formula is C16H21FN2S. The number of amidine groups is 1. The summed E-state index contributed by atoms with van der Waals surface area (Å²) in [4.78, 5) is 4.93. The van der Waals surface area contributed by atoms with E-state index in [0.29, 0.717) is 5.56 Å². The first kappa shape index (κ1) is 13.9. The Morgan fingerprint density at radius 3 is 2.85 bits per heavy atom. The monoisotopic (exact) mass is 292 g/mol. The first-order chi connectivity index (χ1) is 9.58. The van der Waals surface area contributed by atoms with E-state index in [9.17, 15) is 4.39 Å². The maximum atomic E-state index is 13.6. The number of nitrogens with zero attached hydrogens (tertiary/aromatic N) is 1. The summed E-state index contributed by atoms with van der Waals surface area (Å²) >= 11 is 1.77. The molecule has 0 unspecified atom stereocenters. The van der Waals surface area contributed by atoms with Gasteiger partial charge in [-0.15, -0.1) is 0 Å². The largest absolute Gasteiger partial charge is 0.335 e. The Bertz CT molecular complexity index is 533. The van der Waals surface area contributed by atoms with Crippen molar-refractivity contribution in [3.63, 3.8) is 0 Å². The number of rotatable bonds is 1. The SMILES string of the molecule is Cc1c(F)cccc1NC1=NC2(CCC(C)CC2)CS1. The zero-order chi connectivity index (χ0) is 14.2. The van der Waals surface area contributed by atoms with E-state index in [0.717, 1.165) is 22.5 Å². The minimum Gasteiger partial charge on any atom is -0.335 e. The molecule has 1 aromatic rings. The van der Waals surface area contributed by atoms with Crippen LogP contribution in [-0.2, 0) is 0 Å². The summed E-state index contributed by atoms with van der Waals surface area (Å²) in [6, 6.07) is 5.15. The summed E-state index contributed by atoms with van der Waals surface area (Å²) in [5.74, 6) is 1.74. The number of anilines is 1. The van der Waals surface area contributed by atoms with Crippen molar-refractivity contribution in [2.45, 2.75) is 45.1 Å². The lowest BCUT2D eigenvalue weighted by Gasteiger charge is -2.32. The van der Waals surface area contributed by atoms with Crippen molar-refractivity contribution in [1.82, 2.24) is 0 Å². The van der Waals surface area contributed by atoms with Gasteiger partial charge in [-0.25, -0.2) is 4.39 Å². The maximum absolute atomic E-state index is 13.6. The normalized spacial score (nSPS) is 29.6. The molecule has 0 atom stereocenters. The van der Waals surface area contributed by atoms with Gasteiger partial charge in [-0.05, 0) is 50.7 Å². The highest BCUT2D eigenvalue weighted by atomic mass is 32.2. The third kappa shape index (κ3) is 2.71. The van der Waals surface area contributed by atoms with Crippen LogP contribution in [0.2, 0.25) is 0 Å².